The fraction of sp³-hybridized carbons (Fsp3) is 0.389. The number of halogens is 3. The molecule has 2 heterocycles. The average molecular weight is 337 g/mol. The van der Waals surface area contributed by atoms with E-state index >= 15 is 0 Å². The predicted molar refractivity (Wildman–Crippen MR) is 83.4 cm³/mol. The minimum atomic E-state index is -4.41. The van der Waals surface area contributed by atoms with Gasteiger partial charge in [-0.1, -0.05) is 19.1 Å². The van der Waals surface area contributed by atoms with Crippen molar-refractivity contribution in [3.63, 3.8) is 0 Å². The summed E-state index contributed by atoms with van der Waals surface area (Å²) in [5.74, 6) is 0.659. The molecule has 6 heteroatoms. The number of carbonyl (C=O) groups is 1. The van der Waals surface area contributed by atoms with E-state index < -0.39 is 11.7 Å². The summed E-state index contributed by atoms with van der Waals surface area (Å²) in [4.78, 5) is 14.2. The highest BCUT2D eigenvalue weighted by molar-refractivity contribution is 5.92. The highest BCUT2D eigenvalue weighted by atomic mass is 19.4. The van der Waals surface area contributed by atoms with E-state index in [-0.39, 0.29) is 17.4 Å². The molecular formula is C18H18F3NO2. The van der Waals surface area contributed by atoms with Crippen LogP contribution in [0.4, 0.5) is 13.2 Å². The lowest BCUT2D eigenvalue weighted by atomic mass is 10.0. The molecule has 3 nitrogen and oxygen atoms in total. The molecule has 1 aromatic heterocycles. The van der Waals surface area contributed by atoms with Crippen molar-refractivity contribution in [2.45, 2.75) is 25.9 Å². The highest BCUT2D eigenvalue weighted by Crippen LogP contribution is 2.33. The largest absolute Gasteiger partial charge is 0.451 e. The fourth-order valence-corrected chi connectivity index (χ4v) is 2.99. The molecule has 1 amide bonds. The molecule has 1 saturated heterocycles. The van der Waals surface area contributed by atoms with Crippen LogP contribution in [0.3, 0.4) is 0 Å². The second kappa shape index (κ2) is 6.34. The summed E-state index contributed by atoms with van der Waals surface area (Å²) in [5, 5.41) is 0. The Bertz CT molecular complexity index is 736. The molecule has 1 atom stereocenters. The van der Waals surface area contributed by atoms with Gasteiger partial charge in [0, 0.05) is 18.7 Å². The van der Waals surface area contributed by atoms with Gasteiger partial charge in [-0.3, -0.25) is 4.79 Å². The first-order valence-electron chi connectivity index (χ1n) is 7.91. The number of rotatable bonds is 2. The Balaban J connectivity index is 1.82. The lowest BCUT2D eigenvalue weighted by Gasteiger charge is -2.30. The number of piperidine rings is 1. The van der Waals surface area contributed by atoms with E-state index in [0.29, 0.717) is 24.6 Å². The van der Waals surface area contributed by atoms with Crippen molar-refractivity contribution in [1.82, 2.24) is 4.90 Å². The Morgan fingerprint density at radius 2 is 2.04 bits per heavy atom. The maximum absolute atomic E-state index is 12.8. The minimum Gasteiger partial charge on any atom is -0.451 e. The Hall–Kier alpha value is -2.24. The van der Waals surface area contributed by atoms with Crippen LogP contribution in [0.25, 0.3) is 11.3 Å². The molecule has 3 rings (SSSR count). The second-order valence-corrected chi connectivity index (χ2v) is 6.24. The zero-order chi connectivity index (χ0) is 17.3. The smallest absolute Gasteiger partial charge is 0.416 e. The quantitative estimate of drug-likeness (QED) is 0.786. The van der Waals surface area contributed by atoms with Crippen LogP contribution in [-0.2, 0) is 6.18 Å². The molecule has 0 bridgehead atoms. The molecule has 0 spiro atoms. The van der Waals surface area contributed by atoms with Crippen LogP contribution in [0.1, 0.15) is 35.9 Å². The molecule has 1 aliphatic rings. The molecule has 1 aromatic carbocycles. The van der Waals surface area contributed by atoms with E-state index in [1.165, 1.54) is 24.3 Å². The Labute approximate surface area is 138 Å². The third-order valence-corrected chi connectivity index (χ3v) is 4.24. The first-order valence-corrected chi connectivity index (χ1v) is 7.91. The zero-order valence-electron chi connectivity index (χ0n) is 13.3. The van der Waals surface area contributed by atoms with Gasteiger partial charge in [-0.25, -0.2) is 0 Å². The molecule has 1 fully saturated rings. The molecule has 0 saturated carbocycles. The highest BCUT2D eigenvalue weighted by Gasteiger charge is 2.31. The summed E-state index contributed by atoms with van der Waals surface area (Å²) in [6.07, 6.45) is -2.36. The number of benzene rings is 1. The summed E-state index contributed by atoms with van der Waals surface area (Å²) < 4.78 is 43.9. The maximum Gasteiger partial charge on any atom is 0.416 e. The van der Waals surface area contributed by atoms with Gasteiger partial charge in [0.05, 0.1) is 5.56 Å². The zero-order valence-corrected chi connectivity index (χ0v) is 13.3. The van der Waals surface area contributed by atoms with Gasteiger partial charge in [0.15, 0.2) is 5.76 Å². The van der Waals surface area contributed by atoms with Crippen molar-refractivity contribution in [3.05, 3.63) is 47.7 Å². The summed E-state index contributed by atoms with van der Waals surface area (Å²) in [6, 6.07) is 7.96. The van der Waals surface area contributed by atoms with Gasteiger partial charge in [-0.15, -0.1) is 0 Å². The van der Waals surface area contributed by atoms with E-state index in [1.807, 2.05) is 0 Å². The topological polar surface area (TPSA) is 33.5 Å². The predicted octanol–water partition coefficient (Wildman–Crippen LogP) is 4.84. The van der Waals surface area contributed by atoms with E-state index in [2.05, 4.69) is 6.92 Å². The van der Waals surface area contributed by atoms with Crippen molar-refractivity contribution >= 4 is 5.91 Å². The number of amides is 1. The molecule has 0 aliphatic carbocycles. The number of furan rings is 1. The molecular weight excluding hydrogens is 319 g/mol. The summed E-state index contributed by atoms with van der Waals surface area (Å²) in [5.41, 5.74) is -0.440. The number of nitrogens with zero attached hydrogens (tertiary/aromatic N) is 1. The molecule has 0 radical (unpaired) electrons. The molecule has 0 N–H and O–H groups in total. The number of hydrogen-bond acceptors (Lipinski definition) is 2. The first kappa shape index (κ1) is 16.6. The Kier molecular flexibility index (Phi) is 4.39. The van der Waals surface area contributed by atoms with Crippen LogP contribution in [0.2, 0.25) is 0 Å². The molecule has 1 aliphatic heterocycles. The Morgan fingerprint density at radius 1 is 1.25 bits per heavy atom. The lowest BCUT2D eigenvalue weighted by molar-refractivity contribution is -0.137. The van der Waals surface area contributed by atoms with Crippen molar-refractivity contribution in [1.29, 1.82) is 0 Å². The van der Waals surface area contributed by atoms with Crippen molar-refractivity contribution in [3.8, 4) is 11.3 Å². The Morgan fingerprint density at radius 3 is 2.75 bits per heavy atom. The van der Waals surface area contributed by atoms with Crippen LogP contribution in [0.15, 0.2) is 40.8 Å². The van der Waals surface area contributed by atoms with Gasteiger partial charge in [0.2, 0.25) is 0 Å². The van der Waals surface area contributed by atoms with Gasteiger partial charge in [-0.2, -0.15) is 13.2 Å². The van der Waals surface area contributed by atoms with Crippen LogP contribution >= 0.6 is 0 Å². The van der Waals surface area contributed by atoms with E-state index in [9.17, 15) is 18.0 Å². The number of hydrogen-bond donors (Lipinski definition) is 0. The molecule has 2 aromatic rings. The van der Waals surface area contributed by atoms with Gasteiger partial charge < -0.3 is 9.32 Å². The third-order valence-electron chi connectivity index (χ3n) is 4.24. The second-order valence-electron chi connectivity index (χ2n) is 6.24. The average Bonchev–Trinajstić information content (AvgIpc) is 3.03. The first-order chi connectivity index (χ1) is 11.3. The van der Waals surface area contributed by atoms with Crippen molar-refractivity contribution < 1.29 is 22.4 Å². The van der Waals surface area contributed by atoms with Gasteiger partial charge in [0.1, 0.15) is 5.76 Å². The normalized spacial score (nSPS) is 18.7. The number of carbonyl (C=O) groups excluding carboxylic acids is 1. The maximum atomic E-state index is 12.8. The van der Waals surface area contributed by atoms with Crippen LogP contribution in [0.5, 0.6) is 0 Å². The minimum absolute atomic E-state index is 0.163. The van der Waals surface area contributed by atoms with Crippen LogP contribution < -0.4 is 0 Å². The SMILES string of the molecule is C[C@H]1CCCN(C(=O)c2ccc(-c3cccc(C(F)(F)F)c3)o2)C1. The van der Waals surface area contributed by atoms with E-state index in [4.69, 9.17) is 4.42 Å². The summed E-state index contributed by atoms with van der Waals surface area (Å²) in [7, 11) is 0. The monoisotopic (exact) mass is 337 g/mol. The number of alkyl halides is 3. The fourth-order valence-electron chi connectivity index (χ4n) is 2.99. The van der Waals surface area contributed by atoms with Crippen molar-refractivity contribution in [2.24, 2.45) is 5.92 Å². The molecule has 0 unspecified atom stereocenters. The lowest BCUT2D eigenvalue weighted by Crippen LogP contribution is -2.38. The van der Waals surface area contributed by atoms with Crippen molar-refractivity contribution in [2.75, 3.05) is 13.1 Å². The molecule has 24 heavy (non-hydrogen) atoms. The molecule has 128 valence electrons. The van der Waals surface area contributed by atoms with Gasteiger partial charge >= 0.3 is 6.18 Å². The number of likely N-dealkylation sites (tertiary alicyclic amines) is 1. The summed E-state index contributed by atoms with van der Waals surface area (Å²) >= 11 is 0. The van der Waals surface area contributed by atoms with Crippen LogP contribution in [0, 0.1) is 5.92 Å². The van der Waals surface area contributed by atoms with E-state index in [1.54, 1.807) is 4.90 Å². The van der Waals surface area contributed by atoms with E-state index in [0.717, 1.165) is 25.0 Å². The van der Waals surface area contributed by atoms with Crippen LogP contribution in [-0.4, -0.2) is 23.9 Å². The van der Waals surface area contributed by atoms with Gasteiger partial charge in [-0.05, 0) is 43.0 Å². The standard InChI is InChI=1S/C18H18F3NO2/c1-12-4-3-9-22(11-12)17(23)16-8-7-15(24-16)13-5-2-6-14(10-13)18(19,20)21/h2,5-8,10,12H,3-4,9,11H2,1H3/t12-/m0/s1. The summed E-state index contributed by atoms with van der Waals surface area (Å²) in [6.45, 7) is 3.46. The third kappa shape index (κ3) is 3.47. The van der Waals surface area contributed by atoms with Gasteiger partial charge in [0.25, 0.3) is 5.91 Å².